The summed E-state index contributed by atoms with van der Waals surface area (Å²) in [6, 6.07) is 12.2. The molecule has 0 aromatic heterocycles. The number of halogens is 1. The van der Waals surface area contributed by atoms with Gasteiger partial charge < -0.3 is 10.1 Å². The Kier molecular flexibility index (Phi) is 2.72. The Hall–Kier alpha value is -1.67. The number of rotatable bonds is 1. The Morgan fingerprint density at radius 3 is 2.32 bits per heavy atom. The molecule has 1 N–H and O–H groups in total. The summed E-state index contributed by atoms with van der Waals surface area (Å²) in [4.78, 5) is 0. The lowest BCUT2D eigenvalue weighted by atomic mass is 9.74. The Morgan fingerprint density at radius 1 is 1.00 bits per heavy atom. The van der Waals surface area contributed by atoms with Crippen LogP contribution in [0.1, 0.15) is 25.0 Å². The van der Waals surface area contributed by atoms with E-state index in [4.69, 9.17) is 16.3 Å². The fourth-order valence-corrected chi connectivity index (χ4v) is 2.93. The van der Waals surface area contributed by atoms with Crippen LogP contribution in [0.4, 0.5) is 11.4 Å². The fraction of sp³-hybridized carbons (Fsp3) is 0.250. The predicted octanol–water partition coefficient (Wildman–Crippen LogP) is 4.73. The van der Waals surface area contributed by atoms with Gasteiger partial charge in [-0.3, -0.25) is 0 Å². The average molecular weight is 274 g/mol. The zero-order valence-corrected chi connectivity index (χ0v) is 12.0. The first kappa shape index (κ1) is 12.4. The van der Waals surface area contributed by atoms with Crippen molar-refractivity contribution >= 4 is 23.0 Å². The molecule has 1 aliphatic heterocycles. The van der Waals surface area contributed by atoms with Gasteiger partial charge in [-0.05, 0) is 29.3 Å². The van der Waals surface area contributed by atoms with Gasteiger partial charge in [0.1, 0.15) is 5.75 Å². The predicted molar refractivity (Wildman–Crippen MR) is 79.9 cm³/mol. The van der Waals surface area contributed by atoms with Crippen LogP contribution >= 0.6 is 11.6 Å². The van der Waals surface area contributed by atoms with Crippen molar-refractivity contribution in [2.75, 3.05) is 12.4 Å². The van der Waals surface area contributed by atoms with E-state index in [0.717, 1.165) is 22.1 Å². The van der Waals surface area contributed by atoms with Crippen LogP contribution < -0.4 is 10.1 Å². The van der Waals surface area contributed by atoms with E-state index < -0.39 is 0 Å². The molecule has 0 unspecified atom stereocenters. The Morgan fingerprint density at radius 2 is 1.63 bits per heavy atom. The summed E-state index contributed by atoms with van der Waals surface area (Å²) < 4.78 is 5.29. The van der Waals surface area contributed by atoms with Gasteiger partial charge in [0, 0.05) is 27.9 Å². The molecule has 3 rings (SSSR count). The zero-order valence-electron chi connectivity index (χ0n) is 11.3. The third-order valence-electron chi connectivity index (χ3n) is 3.82. The van der Waals surface area contributed by atoms with Gasteiger partial charge in [-0.2, -0.15) is 0 Å². The molecule has 0 radical (unpaired) electrons. The minimum Gasteiger partial charge on any atom is -0.497 e. The highest BCUT2D eigenvalue weighted by Gasteiger charge is 2.32. The summed E-state index contributed by atoms with van der Waals surface area (Å²) in [5.41, 5.74) is 4.63. The molecule has 0 saturated heterocycles. The van der Waals surface area contributed by atoms with E-state index in [9.17, 15) is 0 Å². The summed E-state index contributed by atoms with van der Waals surface area (Å²) in [5, 5.41) is 4.19. The van der Waals surface area contributed by atoms with Gasteiger partial charge in [0.05, 0.1) is 7.11 Å². The number of hydrogen-bond donors (Lipinski definition) is 1. The van der Waals surface area contributed by atoms with Crippen molar-refractivity contribution in [3.05, 3.63) is 52.5 Å². The first-order valence-corrected chi connectivity index (χ1v) is 6.66. The lowest BCUT2D eigenvalue weighted by Gasteiger charge is -2.35. The molecule has 0 atom stereocenters. The van der Waals surface area contributed by atoms with Crippen LogP contribution in [-0.2, 0) is 5.41 Å². The minimum atomic E-state index is -0.0488. The van der Waals surface area contributed by atoms with E-state index in [1.165, 1.54) is 11.1 Å². The summed E-state index contributed by atoms with van der Waals surface area (Å²) in [5.74, 6) is 0.854. The second-order valence-corrected chi connectivity index (χ2v) is 5.79. The second kappa shape index (κ2) is 4.17. The van der Waals surface area contributed by atoms with Crippen LogP contribution in [0.2, 0.25) is 5.02 Å². The van der Waals surface area contributed by atoms with Crippen LogP contribution in [-0.4, -0.2) is 7.11 Å². The summed E-state index contributed by atoms with van der Waals surface area (Å²) in [6.45, 7) is 4.46. The third kappa shape index (κ3) is 1.87. The molecule has 0 saturated carbocycles. The van der Waals surface area contributed by atoms with Gasteiger partial charge >= 0.3 is 0 Å². The van der Waals surface area contributed by atoms with Crippen molar-refractivity contribution in [3.63, 3.8) is 0 Å². The van der Waals surface area contributed by atoms with Crippen molar-refractivity contribution < 1.29 is 4.74 Å². The quantitative estimate of drug-likeness (QED) is 0.811. The van der Waals surface area contributed by atoms with Crippen LogP contribution in [0.3, 0.4) is 0 Å². The van der Waals surface area contributed by atoms with Gasteiger partial charge in [0.25, 0.3) is 0 Å². The second-order valence-electron chi connectivity index (χ2n) is 5.35. The van der Waals surface area contributed by atoms with Crippen molar-refractivity contribution in [1.29, 1.82) is 0 Å². The van der Waals surface area contributed by atoms with Crippen molar-refractivity contribution in [2.24, 2.45) is 0 Å². The first-order valence-electron chi connectivity index (χ1n) is 6.28. The molecule has 98 valence electrons. The van der Waals surface area contributed by atoms with Crippen LogP contribution in [0.5, 0.6) is 5.75 Å². The minimum absolute atomic E-state index is 0.0488. The number of benzene rings is 2. The highest BCUT2D eigenvalue weighted by Crippen LogP contribution is 2.46. The largest absolute Gasteiger partial charge is 0.497 e. The standard InChI is InChI=1S/C16H16ClNO/c1-16(2)12-6-4-10(17)8-14(12)18-15-9-11(19-3)5-7-13(15)16/h4-9,18H,1-3H3. The summed E-state index contributed by atoms with van der Waals surface area (Å²) in [7, 11) is 1.68. The average Bonchev–Trinajstić information content (AvgIpc) is 2.37. The SMILES string of the molecule is COc1ccc2c(c1)Nc1cc(Cl)ccc1C2(C)C. The fourth-order valence-electron chi connectivity index (χ4n) is 2.75. The summed E-state index contributed by atoms with van der Waals surface area (Å²) in [6.07, 6.45) is 0. The van der Waals surface area contributed by atoms with Gasteiger partial charge in [0.15, 0.2) is 0 Å². The van der Waals surface area contributed by atoms with Crippen molar-refractivity contribution in [3.8, 4) is 5.75 Å². The number of anilines is 2. The number of methoxy groups -OCH3 is 1. The van der Waals surface area contributed by atoms with E-state index >= 15 is 0 Å². The number of fused-ring (bicyclic) bond motifs is 2. The topological polar surface area (TPSA) is 21.3 Å². The molecule has 0 fully saturated rings. The van der Waals surface area contributed by atoms with Crippen LogP contribution in [0.15, 0.2) is 36.4 Å². The Bertz CT molecular complexity index is 649. The molecule has 0 aliphatic carbocycles. The molecule has 3 heteroatoms. The lowest BCUT2D eigenvalue weighted by molar-refractivity contribution is 0.414. The van der Waals surface area contributed by atoms with Crippen molar-refractivity contribution in [2.45, 2.75) is 19.3 Å². The number of ether oxygens (including phenoxy) is 1. The van der Waals surface area contributed by atoms with Crippen LogP contribution in [0.25, 0.3) is 0 Å². The smallest absolute Gasteiger partial charge is 0.120 e. The van der Waals surface area contributed by atoms with Gasteiger partial charge in [-0.15, -0.1) is 0 Å². The van der Waals surface area contributed by atoms with Gasteiger partial charge in [-0.1, -0.05) is 37.6 Å². The first-order chi connectivity index (χ1) is 9.02. The van der Waals surface area contributed by atoms with Crippen LogP contribution in [0, 0.1) is 0 Å². The third-order valence-corrected chi connectivity index (χ3v) is 4.06. The number of hydrogen-bond acceptors (Lipinski definition) is 2. The van der Waals surface area contributed by atoms with Crippen molar-refractivity contribution in [1.82, 2.24) is 0 Å². The zero-order chi connectivity index (χ0) is 13.6. The highest BCUT2D eigenvalue weighted by atomic mass is 35.5. The maximum atomic E-state index is 6.09. The molecular weight excluding hydrogens is 258 g/mol. The molecule has 0 bridgehead atoms. The van der Waals surface area contributed by atoms with E-state index in [1.54, 1.807) is 7.11 Å². The monoisotopic (exact) mass is 273 g/mol. The molecule has 1 aliphatic rings. The number of nitrogens with one attached hydrogen (secondary N) is 1. The van der Waals surface area contributed by atoms with E-state index in [0.29, 0.717) is 0 Å². The molecule has 2 nitrogen and oxygen atoms in total. The molecule has 2 aromatic carbocycles. The molecule has 1 heterocycles. The van der Waals surface area contributed by atoms with Gasteiger partial charge in [-0.25, -0.2) is 0 Å². The normalized spacial score (nSPS) is 15.2. The Labute approximate surface area is 118 Å². The molecular formula is C16H16ClNO. The van der Waals surface area contributed by atoms with Gasteiger partial charge in [0.2, 0.25) is 0 Å². The van der Waals surface area contributed by atoms with E-state index in [-0.39, 0.29) is 5.41 Å². The Balaban J connectivity index is 2.20. The molecule has 2 aromatic rings. The van der Waals surface area contributed by atoms with E-state index in [1.807, 2.05) is 24.3 Å². The molecule has 0 spiro atoms. The molecule has 0 amide bonds. The van der Waals surface area contributed by atoms with E-state index in [2.05, 4.69) is 31.3 Å². The molecule has 19 heavy (non-hydrogen) atoms. The lowest BCUT2D eigenvalue weighted by Crippen LogP contribution is -2.25. The maximum absolute atomic E-state index is 6.09. The highest BCUT2D eigenvalue weighted by molar-refractivity contribution is 6.30. The summed E-state index contributed by atoms with van der Waals surface area (Å²) >= 11 is 6.09. The maximum Gasteiger partial charge on any atom is 0.120 e.